The lowest BCUT2D eigenvalue weighted by Crippen LogP contribution is -2.33. The zero-order chi connectivity index (χ0) is 16.4. The van der Waals surface area contributed by atoms with Crippen LogP contribution in [-0.2, 0) is 6.54 Å². The van der Waals surface area contributed by atoms with Crippen molar-refractivity contribution in [1.82, 2.24) is 4.90 Å². The van der Waals surface area contributed by atoms with Crippen LogP contribution in [-0.4, -0.2) is 23.8 Å². The van der Waals surface area contributed by atoms with Gasteiger partial charge in [0.1, 0.15) is 0 Å². The first-order valence-electron chi connectivity index (χ1n) is 8.90. The van der Waals surface area contributed by atoms with Gasteiger partial charge in [0.25, 0.3) is 0 Å². The summed E-state index contributed by atoms with van der Waals surface area (Å²) in [5.74, 6) is 0.888. The van der Waals surface area contributed by atoms with Crippen LogP contribution in [0.5, 0.6) is 0 Å². The average Bonchev–Trinajstić information content (AvgIpc) is 2.94. The van der Waals surface area contributed by atoms with Gasteiger partial charge in [0.05, 0.1) is 0 Å². The maximum Gasteiger partial charge on any atom is 0.189 e. The molecule has 2 aromatic carbocycles. The Morgan fingerprint density at radius 1 is 0.917 bits per heavy atom. The SMILES string of the molecule is O=C1C(CC2CCN(Cc3ccccc3)CC2)=Cc2ccccc21. The number of ketones is 1. The molecule has 1 fully saturated rings. The number of rotatable bonds is 4. The van der Waals surface area contributed by atoms with E-state index >= 15 is 0 Å². The number of hydrogen-bond donors (Lipinski definition) is 0. The first kappa shape index (κ1) is 15.3. The topological polar surface area (TPSA) is 20.3 Å². The molecule has 1 aliphatic heterocycles. The normalized spacial score (nSPS) is 18.5. The van der Waals surface area contributed by atoms with Gasteiger partial charge in [-0.2, -0.15) is 0 Å². The fourth-order valence-electron chi connectivity index (χ4n) is 3.91. The lowest BCUT2D eigenvalue weighted by atomic mass is 9.89. The number of likely N-dealkylation sites (tertiary alicyclic amines) is 1. The summed E-state index contributed by atoms with van der Waals surface area (Å²) in [4.78, 5) is 15.0. The molecule has 0 N–H and O–H groups in total. The minimum absolute atomic E-state index is 0.248. The van der Waals surface area contributed by atoms with E-state index in [4.69, 9.17) is 0 Å². The fraction of sp³-hybridized carbons (Fsp3) is 0.318. The second-order valence-electron chi connectivity index (χ2n) is 7.00. The van der Waals surface area contributed by atoms with Gasteiger partial charge in [0.15, 0.2) is 5.78 Å². The molecular formula is C22H23NO. The monoisotopic (exact) mass is 317 g/mol. The van der Waals surface area contributed by atoms with E-state index in [1.807, 2.05) is 24.3 Å². The number of piperidine rings is 1. The van der Waals surface area contributed by atoms with Crippen molar-refractivity contribution in [2.45, 2.75) is 25.8 Å². The summed E-state index contributed by atoms with van der Waals surface area (Å²) in [5.41, 5.74) is 4.38. The largest absolute Gasteiger partial charge is 0.299 e. The van der Waals surface area contributed by atoms with Crippen LogP contribution in [0.4, 0.5) is 0 Å². The molecule has 0 saturated carbocycles. The summed E-state index contributed by atoms with van der Waals surface area (Å²) in [5, 5.41) is 0. The van der Waals surface area contributed by atoms with Crippen LogP contribution in [0.1, 0.15) is 40.7 Å². The molecule has 1 heterocycles. The van der Waals surface area contributed by atoms with E-state index in [2.05, 4.69) is 41.3 Å². The number of hydrogen-bond acceptors (Lipinski definition) is 2. The van der Waals surface area contributed by atoms with E-state index in [0.29, 0.717) is 5.92 Å². The van der Waals surface area contributed by atoms with Crippen LogP contribution in [0.2, 0.25) is 0 Å². The Hall–Kier alpha value is -2.19. The molecule has 0 amide bonds. The molecule has 0 atom stereocenters. The molecule has 0 radical (unpaired) electrons. The maximum atomic E-state index is 12.5. The summed E-state index contributed by atoms with van der Waals surface area (Å²) in [6.07, 6.45) is 5.42. The third-order valence-corrected chi connectivity index (χ3v) is 5.29. The number of carbonyl (C=O) groups is 1. The van der Waals surface area contributed by atoms with E-state index < -0.39 is 0 Å². The van der Waals surface area contributed by atoms with Crippen molar-refractivity contribution in [2.24, 2.45) is 5.92 Å². The number of Topliss-reactive ketones (excluding diaryl/α,β-unsaturated/α-hetero) is 1. The van der Waals surface area contributed by atoms with Gasteiger partial charge < -0.3 is 0 Å². The predicted molar refractivity (Wildman–Crippen MR) is 97.8 cm³/mol. The van der Waals surface area contributed by atoms with Gasteiger partial charge in [0.2, 0.25) is 0 Å². The summed E-state index contributed by atoms with van der Waals surface area (Å²) in [6, 6.07) is 18.6. The highest BCUT2D eigenvalue weighted by atomic mass is 16.1. The quantitative estimate of drug-likeness (QED) is 0.823. The molecule has 0 spiro atoms. The van der Waals surface area contributed by atoms with Crippen LogP contribution < -0.4 is 0 Å². The molecule has 2 nitrogen and oxygen atoms in total. The molecule has 0 unspecified atom stereocenters. The van der Waals surface area contributed by atoms with Crippen molar-refractivity contribution in [1.29, 1.82) is 0 Å². The molecule has 2 aliphatic rings. The molecule has 2 heteroatoms. The lowest BCUT2D eigenvalue weighted by molar-refractivity contribution is 0.102. The molecule has 122 valence electrons. The minimum Gasteiger partial charge on any atom is -0.299 e. The van der Waals surface area contributed by atoms with Gasteiger partial charge in [-0.25, -0.2) is 0 Å². The predicted octanol–water partition coefficient (Wildman–Crippen LogP) is 4.57. The van der Waals surface area contributed by atoms with E-state index in [-0.39, 0.29) is 5.78 Å². The lowest BCUT2D eigenvalue weighted by Gasteiger charge is -2.32. The van der Waals surface area contributed by atoms with Crippen LogP contribution in [0.25, 0.3) is 6.08 Å². The smallest absolute Gasteiger partial charge is 0.189 e. The zero-order valence-corrected chi connectivity index (χ0v) is 13.9. The highest BCUT2D eigenvalue weighted by Crippen LogP contribution is 2.32. The Bertz CT molecular complexity index is 755. The Kier molecular flexibility index (Phi) is 4.31. The van der Waals surface area contributed by atoms with Crippen LogP contribution in [0, 0.1) is 5.92 Å². The number of nitrogens with zero attached hydrogens (tertiary/aromatic N) is 1. The Balaban J connectivity index is 1.32. The van der Waals surface area contributed by atoms with Crippen molar-refractivity contribution < 1.29 is 4.79 Å². The maximum absolute atomic E-state index is 12.5. The molecule has 0 aromatic heterocycles. The highest BCUT2D eigenvalue weighted by Gasteiger charge is 2.26. The van der Waals surface area contributed by atoms with Crippen molar-refractivity contribution in [3.05, 3.63) is 76.9 Å². The van der Waals surface area contributed by atoms with Crippen LogP contribution >= 0.6 is 0 Å². The third kappa shape index (κ3) is 3.20. The Labute approximate surface area is 143 Å². The fourth-order valence-corrected chi connectivity index (χ4v) is 3.91. The van der Waals surface area contributed by atoms with E-state index in [9.17, 15) is 4.79 Å². The highest BCUT2D eigenvalue weighted by molar-refractivity contribution is 6.17. The van der Waals surface area contributed by atoms with Crippen molar-refractivity contribution in [2.75, 3.05) is 13.1 Å². The number of allylic oxidation sites excluding steroid dienone is 1. The molecule has 1 aliphatic carbocycles. The molecule has 4 rings (SSSR count). The summed E-state index contributed by atoms with van der Waals surface area (Å²) in [7, 11) is 0. The van der Waals surface area contributed by atoms with Crippen molar-refractivity contribution in [3.8, 4) is 0 Å². The van der Waals surface area contributed by atoms with Crippen LogP contribution in [0.3, 0.4) is 0 Å². The minimum atomic E-state index is 0.248. The first-order valence-corrected chi connectivity index (χ1v) is 8.90. The first-order chi connectivity index (χ1) is 11.8. The molecule has 24 heavy (non-hydrogen) atoms. The molecule has 1 saturated heterocycles. The number of benzene rings is 2. The van der Waals surface area contributed by atoms with E-state index in [1.165, 1.54) is 18.4 Å². The standard InChI is InChI=1S/C22H23NO/c24-22-20(15-19-8-4-5-9-21(19)22)14-17-10-12-23(13-11-17)16-18-6-2-1-3-7-18/h1-9,15,17H,10-14,16H2. The van der Waals surface area contributed by atoms with Crippen LogP contribution in [0.15, 0.2) is 60.2 Å². The summed E-state index contributed by atoms with van der Waals surface area (Å²) < 4.78 is 0. The molecule has 0 bridgehead atoms. The zero-order valence-electron chi connectivity index (χ0n) is 13.9. The van der Waals surface area contributed by atoms with Crippen molar-refractivity contribution in [3.63, 3.8) is 0 Å². The van der Waals surface area contributed by atoms with Crippen molar-refractivity contribution >= 4 is 11.9 Å². The van der Waals surface area contributed by atoms with E-state index in [0.717, 1.165) is 42.8 Å². The van der Waals surface area contributed by atoms with Gasteiger partial charge in [-0.1, -0.05) is 54.6 Å². The third-order valence-electron chi connectivity index (χ3n) is 5.29. The Morgan fingerprint density at radius 3 is 2.38 bits per heavy atom. The molecule has 2 aromatic rings. The Morgan fingerprint density at radius 2 is 1.62 bits per heavy atom. The second kappa shape index (κ2) is 6.74. The van der Waals surface area contributed by atoms with Gasteiger partial charge in [0, 0.05) is 17.7 Å². The average molecular weight is 317 g/mol. The second-order valence-corrected chi connectivity index (χ2v) is 7.00. The van der Waals surface area contributed by atoms with Gasteiger partial charge >= 0.3 is 0 Å². The van der Waals surface area contributed by atoms with Gasteiger partial charge in [-0.05, 0) is 55.5 Å². The molecular weight excluding hydrogens is 294 g/mol. The summed E-state index contributed by atoms with van der Waals surface area (Å²) in [6.45, 7) is 3.31. The van der Waals surface area contributed by atoms with Gasteiger partial charge in [-0.3, -0.25) is 9.69 Å². The number of carbonyl (C=O) groups excluding carboxylic acids is 1. The number of fused-ring (bicyclic) bond motifs is 1. The summed E-state index contributed by atoms with van der Waals surface area (Å²) >= 11 is 0. The van der Waals surface area contributed by atoms with E-state index in [1.54, 1.807) is 0 Å². The van der Waals surface area contributed by atoms with Gasteiger partial charge in [-0.15, -0.1) is 0 Å².